The molecule has 0 bridgehead atoms. The molecular formula is C14H13N3O2. The highest BCUT2D eigenvalue weighted by atomic mass is 16.4. The average Bonchev–Trinajstić information content (AvgIpc) is 3.03. The van der Waals surface area contributed by atoms with Crippen LogP contribution in [0.5, 0.6) is 0 Å². The third-order valence-electron chi connectivity index (χ3n) is 2.89. The van der Waals surface area contributed by atoms with Gasteiger partial charge in [-0.15, -0.1) is 0 Å². The number of fused-ring (bicyclic) bond motifs is 1. The van der Waals surface area contributed by atoms with E-state index in [1.165, 1.54) is 0 Å². The summed E-state index contributed by atoms with van der Waals surface area (Å²) in [7, 11) is 0. The Bertz CT molecular complexity index is 727. The molecule has 0 radical (unpaired) electrons. The van der Waals surface area contributed by atoms with Crippen molar-refractivity contribution in [3.63, 3.8) is 0 Å². The van der Waals surface area contributed by atoms with E-state index in [-0.39, 0.29) is 12.5 Å². The van der Waals surface area contributed by atoms with Gasteiger partial charge in [-0.25, -0.2) is 4.98 Å². The molecule has 5 nitrogen and oxygen atoms in total. The second kappa shape index (κ2) is 4.61. The van der Waals surface area contributed by atoms with Crippen LogP contribution in [0.2, 0.25) is 0 Å². The van der Waals surface area contributed by atoms with Gasteiger partial charge < -0.3 is 14.7 Å². The van der Waals surface area contributed by atoms with Crippen LogP contribution in [-0.2, 0) is 6.54 Å². The molecule has 0 saturated carbocycles. The molecule has 1 amide bonds. The number of nitrogens with one attached hydrogen (secondary N) is 2. The van der Waals surface area contributed by atoms with E-state index in [2.05, 4.69) is 15.3 Å². The van der Waals surface area contributed by atoms with Crippen LogP contribution in [0.4, 0.5) is 0 Å². The van der Waals surface area contributed by atoms with Crippen molar-refractivity contribution in [2.24, 2.45) is 0 Å². The van der Waals surface area contributed by atoms with Crippen molar-refractivity contribution in [1.29, 1.82) is 0 Å². The summed E-state index contributed by atoms with van der Waals surface area (Å²) in [4.78, 5) is 19.1. The second-order valence-corrected chi connectivity index (χ2v) is 4.33. The number of aromatic amines is 1. The largest absolute Gasteiger partial charge is 0.444 e. The Morgan fingerprint density at radius 1 is 1.42 bits per heavy atom. The molecule has 0 atom stereocenters. The van der Waals surface area contributed by atoms with Gasteiger partial charge in [-0.05, 0) is 30.5 Å². The Morgan fingerprint density at radius 2 is 2.32 bits per heavy atom. The minimum Gasteiger partial charge on any atom is -0.444 e. The zero-order valence-corrected chi connectivity index (χ0v) is 10.4. The number of oxazole rings is 1. The van der Waals surface area contributed by atoms with Crippen molar-refractivity contribution >= 4 is 16.8 Å². The number of benzene rings is 1. The van der Waals surface area contributed by atoms with Gasteiger partial charge in [-0.1, -0.05) is 6.07 Å². The van der Waals surface area contributed by atoms with Gasteiger partial charge in [0.1, 0.15) is 5.76 Å². The molecule has 2 N–H and O–H groups in total. The highest BCUT2D eigenvalue weighted by Crippen LogP contribution is 2.14. The average molecular weight is 255 g/mol. The standard InChI is InChI=1S/C14H13N3O2/c1-9-7-16-13(19-9)8-17-14(18)11-3-2-10-4-5-15-12(10)6-11/h2-7,15H,8H2,1H3,(H,17,18). The quantitative estimate of drug-likeness (QED) is 0.755. The van der Waals surface area contributed by atoms with Gasteiger partial charge in [0.25, 0.3) is 5.91 Å². The maximum absolute atomic E-state index is 12.0. The molecule has 0 aliphatic rings. The molecule has 5 heteroatoms. The van der Waals surface area contributed by atoms with Gasteiger partial charge in [0.2, 0.25) is 5.89 Å². The van der Waals surface area contributed by atoms with Crippen molar-refractivity contribution in [1.82, 2.24) is 15.3 Å². The lowest BCUT2D eigenvalue weighted by Crippen LogP contribution is -2.22. The molecule has 0 aliphatic heterocycles. The molecule has 19 heavy (non-hydrogen) atoms. The zero-order chi connectivity index (χ0) is 13.2. The first kappa shape index (κ1) is 11.5. The van der Waals surface area contributed by atoms with Crippen LogP contribution in [0.3, 0.4) is 0 Å². The second-order valence-electron chi connectivity index (χ2n) is 4.33. The lowest BCUT2D eigenvalue weighted by atomic mass is 10.1. The predicted molar refractivity (Wildman–Crippen MR) is 70.7 cm³/mol. The first-order chi connectivity index (χ1) is 9.22. The normalized spacial score (nSPS) is 10.8. The van der Waals surface area contributed by atoms with Gasteiger partial charge in [-0.2, -0.15) is 0 Å². The van der Waals surface area contributed by atoms with Gasteiger partial charge >= 0.3 is 0 Å². The van der Waals surface area contributed by atoms with E-state index >= 15 is 0 Å². The molecule has 0 saturated heterocycles. The highest BCUT2D eigenvalue weighted by Gasteiger charge is 2.08. The van der Waals surface area contributed by atoms with Gasteiger partial charge in [-0.3, -0.25) is 4.79 Å². The molecule has 0 fully saturated rings. The fourth-order valence-electron chi connectivity index (χ4n) is 1.93. The molecular weight excluding hydrogens is 242 g/mol. The Balaban J connectivity index is 1.72. The van der Waals surface area contributed by atoms with Crippen LogP contribution in [0.1, 0.15) is 22.0 Å². The van der Waals surface area contributed by atoms with Gasteiger partial charge in [0.15, 0.2) is 0 Å². The molecule has 0 spiro atoms. The molecule has 2 heterocycles. The third kappa shape index (κ3) is 2.35. The smallest absolute Gasteiger partial charge is 0.251 e. The fraction of sp³-hybridized carbons (Fsp3) is 0.143. The first-order valence-corrected chi connectivity index (χ1v) is 5.99. The third-order valence-corrected chi connectivity index (χ3v) is 2.89. The number of aromatic nitrogens is 2. The van der Waals surface area contributed by atoms with Gasteiger partial charge in [0.05, 0.1) is 12.7 Å². The Kier molecular flexibility index (Phi) is 2.79. The summed E-state index contributed by atoms with van der Waals surface area (Å²) in [5, 5.41) is 3.86. The Labute approximate surface area is 109 Å². The molecule has 96 valence electrons. The van der Waals surface area contributed by atoms with Crippen molar-refractivity contribution in [2.45, 2.75) is 13.5 Å². The number of hydrogen-bond acceptors (Lipinski definition) is 3. The molecule has 1 aromatic carbocycles. The predicted octanol–water partition coefficient (Wildman–Crippen LogP) is 2.39. The van der Waals surface area contributed by atoms with E-state index in [1.807, 2.05) is 31.3 Å². The molecule has 0 aliphatic carbocycles. The van der Waals surface area contributed by atoms with Crippen LogP contribution in [-0.4, -0.2) is 15.9 Å². The SMILES string of the molecule is Cc1cnc(CNC(=O)c2ccc3cc[nH]c3c2)o1. The summed E-state index contributed by atoms with van der Waals surface area (Å²) in [6.07, 6.45) is 3.48. The van der Waals surface area contributed by atoms with E-state index in [0.29, 0.717) is 11.5 Å². The summed E-state index contributed by atoms with van der Waals surface area (Å²) >= 11 is 0. The summed E-state index contributed by atoms with van der Waals surface area (Å²) in [6, 6.07) is 7.50. The molecule has 0 unspecified atom stereocenters. The lowest BCUT2D eigenvalue weighted by Gasteiger charge is -2.03. The van der Waals surface area contributed by atoms with E-state index in [1.54, 1.807) is 12.3 Å². The molecule has 3 aromatic rings. The first-order valence-electron chi connectivity index (χ1n) is 5.99. The fourth-order valence-corrected chi connectivity index (χ4v) is 1.93. The summed E-state index contributed by atoms with van der Waals surface area (Å²) in [6.45, 7) is 2.10. The van der Waals surface area contributed by atoms with Crippen LogP contribution >= 0.6 is 0 Å². The number of amides is 1. The van der Waals surface area contributed by atoms with Crippen molar-refractivity contribution in [3.8, 4) is 0 Å². The molecule has 3 rings (SSSR count). The maximum atomic E-state index is 12.0. The zero-order valence-electron chi connectivity index (χ0n) is 10.4. The topological polar surface area (TPSA) is 70.9 Å². The monoisotopic (exact) mass is 255 g/mol. The van der Waals surface area contributed by atoms with Crippen molar-refractivity contribution in [2.75, 3.05) is 0 Å². The van der Waals surface area contributed by atoms with Crippen molar-refractivity contribution < 1.29 is 9.21 Å². The number of hydrogen-bond donors (Lipinski definition) is 2. The van der Waals surface area contributed by atoms with E-state index in [9.17, 15) is 4.79 Å². The van der Waals surface area contributed by atoms with Crippen LogP contribution < -0.4 is 5.32 Å². The molecule has 2 aromatic heterocycles. The van der Waals surface area contributed by atoms with Crippen molar-refractivity contribution in [3.05, 3.63) is 53.9 Å². The van der Waals surface area contributed by atoms with E-state index in [0.717, 1.165) is 16.7 Å². The highest BCUT2D eigenvalue weighted by molar-refractivity contribution is 5.97. The summed E-state index contributed by atoms with van der Waals surface area (Å²) < 4.78 is 5.30. The summed E-state index contributed by atoms with van der Waals surface area (Å²) in [5.74, 6) is 1.09. The number of carbonyl (C=O) groups is 1. The minimum atomic E-state index is -0.146. The van der Waals surface area contributed by atoms with Crippen LogP contribution in [0.25, 0.3) is 10.9 Å². The number of H-pyrrole nitrogens is 1. The van der Waals surface area contributed by atoms with Gasteiger partial charge in [0, 0.05) is 17.3 Å². The number of aryl methyl sites for hydroxylation is 1. The number of nitrogens with zero attached hydrogens (tertiary/aromatic N) is 1. The summed E-state index contributed by atoms with van der Waals surface area (Å²) in [5.41, 5.74) is 1.55. The number of rotatable bonds is 3. The van der Waals surface area contributed by atoms with Crippen LogP contribution in [0.15, 0.2) is 41.1 Å². The number of carbonyl (C=O) groups excluding carboxylic acids is 1. The Hall–Kier alpha value is -2.56. The van der Waals surface area contributed by atoms with E-state index in [4.69, 9.17) is 4.42 Å². The minimum absolute atomic E-state index is 0.146. The van der Waals surface area contributed by atoms with E-state index < -0.39 is 0 Å². The maximum Gasteiger partial charge on any atom is 0.251 e. The van der Waals surface area contributed by atoms with Crippen LogP contribution in [0, 0.1) is 6.92 Å². The Morgan fingerprint density at radius 3 is 3.11 bits per heavy atom. The lowest BCUT2D eigenvalue weighted by molar-refractivity contribution is 0.0947.